The molecule has 0 amide bonds. The van der Waals surface area contributed by atoms with E-state index in [1.54, 1.807) is 0 Å². The van der Waals surface area contributed by atoms with Crippen LogP contribution in [0.1, 0.15) is 64.6 Å². The van der Waals surface area contributed by atoms with Crippen LogP contribution >= 0.6 is 0 Å². The van der Waals surface area contributed by atoms with Gasteiger partial charge in [0.05, 0.1) is 11.3 Å². The Kier molecular flexibility index (Phi) is 5.44. The molecule has 1 aliphatic rings. The minimum Gasteiger partial charge on any atom is -0.377 e. The molecule has 0 aromatic carbocycles. The molecule has 120 valence electrons. The molecule has 0 saturated heterocycles. The van der Waals surface area contributed by atoms with Crippen molar-refractivity contribution in [3.63, 3.8) is 0 Å². The molecule has 0 spiro atoms. The van der Waals surface area contributed by atoms with E-state index in [-0.39, 0.29) is 11.6 Å². The van der Waals surface area contributed by atoms with E-state index in [9.17, 15) is 0 Å². The van der Waals surface area contributed by atoms with Crippen molar-refractivity contribution in [3.05, 3.63) is 18.0 Å². The van der Waals surface area contributed by atoms with Crippen LogP contribution in [-0.4, -0.2) is 28.5 Å². The van der Waals surface area contributed by atoms with Crippen molar-refractivity contribution >= 4 is 0 Å². The molecule has 1 saturated carbocycles. The fraction of sp³-hybridized carbons (Fsp3) is 0.824. The van der Waals surface area contributed by atoms with Gasteiger partial charge in [-0.1, -0.05) is 26.7 Å². The van der Waals surface area contributed by atoms with Crippen LogP contribution in [0.15, 0.2) is 12.3 Å². The minimum absolute atomic E-state index is 0.0190. The molecule has 2 rings (SSSR count). The highest BCUT2D eigenvalue weighted by atomic mass is 16.5. The molecule has 0 radical (unpaired) electrons. The van der Waals surface area contributed by atoms with E-state index in [1.165, 1.54) is 12.8 Å². The van der Waals surface area contributed by atoms with Gasteiger partial charge in [0, 0.05) is 31.8 Å². The Morgan fingerprint density at radius 2 is 2.33 bits per heavy atom. The molecule has 21 heavy (non-hydrogen) atoms. The summed E-state index contributed by atoms with van der Waals surface area (Å²) >= 11 is 0. The highest BCUT2D eigenvalue weighted by Crippen LogP contribution is 2.37. The number of rotatable bonds is 6. The number of hydrogen-bond acceptors (Lipinski definition) is 3. The summed E-state index contributed by atoms with van der Waals surface area (Å²) in [6, 6.07) is 2.56. The smallest absolute Gasteiger partial charge is 0.0835 e. The Hall–Kier alpha value is -0.870. The topological polar surface area (TPSA) is 53.1 Å². The monoisotopic (exact) mass is 293 g/mol. The van der Waals surface area contributed by atoms with E-state index in [0.717, 1.165) is 31.4 Å². The van der Waals surface area contributed by atoms with Gasteiger partial charge in [0.25, 0.3) is 0 Å². The van der Waals surface area contributed by atoms with Crippen LogP contribution < -0.4 is 5.73 Å². The standard InChI is InChI=1S/C17H31N3O/c1-5-14(3)20-10-8-15(19-20)11-16(18)17(21-4)9-6-7-13(2)12-17/h8,10,13-14,16H,5-7,9,11-12,18H2,1-4H3. The molecular weight excluding hydrogens is 262 g/mol. The summed E-state index contributed by atoms with van der Waals surface area (Å²) in [4.78, 5) is 0. The first-order chi connectivity index (χ1) is 10.0. The van der Waals surface area contributed by atoms with Gasteiger partial charge in [-0.05, 0) is 38.2 Å². The van der Waals surface area contributed by atoms with Crippen LogP contribution in [0.4, 0.5) is 0 Å². The van der Waals surface area contributed by atoms with E-state index >= 15 is 0 Å². The third-order valence-electron chi connectivity index (χ3n) is 5.21. The third kappa shape index (κ3) is 3.67. The molecule has 0 aliphatic heterocycles. The van der Waals surface area contributed by atoms with Crippen LogP contribution in [-0.2, 0) is 11.2 Å². The quantitative estimate of drug-likeness (QED) is 0.875. The number of aromatic nitrogens is 2. The normalized spacial score (nSPS) is 29.3. The van der Waals surface area contributed by atoms with Crippen molar-refractivity contribution in [2.75, 3.05) is 7.11 Å². The van der Waals surface area contributed by atoms with Crippen LogP contribution in [0.3, 0.4) is 0 Å². The molecular formula is C17H31N3O. The van der Waals surface area contributed by atoms with Crippen molar-refractivity contribution < 1.29 is 4.74 Å². The van der Waals surface area contributed by atoms with Crippen LogP contribution in [0, 0.1) is 5.92 Å². The minimum atomic E-state index is -0.169. The average molecular weight is 293 g/mol. The lowest BCUT2D eigenvalue weighted by Crippen LogP contribution is -2.53. The zero-order chi connectivity index (χ0) is 15.5. The van der Waals surface area contributed by atoms with Gasteiger partial charge >= 0.3 is 0 Å². The number of nitrogens with two attached hydrogens (primary N) is 1. The third-order valence-corrected chi connectivity index (χ3v) is 5.21. The molecule has 0 bridgehead atoms. The van der Waals surface area contributed by atoms with Gasteiger partial charge < -0.3 is 10.5 Å². The van der Waals surface area contributed by atoms with Gasteiger partial charge in [0.1, 0.15) is 0 Å². The van der Waals surface area contributed by atoms with Gasteiger partial charge in [-0.15, -0.1) is 0 Å². The molecule has 4 heteroatoms. The van der Waals surface area contributed by atoms with Crippen molar-refractivity contribution in [1.29, 1.82) is 0 Å². The van der Waals surface area contributed by atoms with Crippen LogP contribution in [0.2, 0.25) is 0 Å². The molecule has 1 aromatic rings. The second kappa shape index (κ2) is 6.93. The lowest BCUT2D eigenvalue weighted by atomic mass is 9.74. The summed E-state index contributed by atoms with van der Waals surface area (Å²) < 4.78 is 7.95. The van der Waals surface area contributed by atoms with Crippen molar-refractivity contribution in [2.45, 2.75) is 77.0 Å². The van der Waals surface area contributed by atoms with Crippen LogP contribution in [0.25, 0.3) is 0 Å². The summed E-state index contributed by atoms with van der Waals surface area (Å²) in [6.07, 6.45) is 8.60. The first-order valence-corrected chi connectivity index (χ1v) is 8.35. The molecule has 4 unspecified atom stereocenters. The first-order valence-electron chi connectivity index (χ1n) is 8.35. The Balaban J connectivity index is 2.05. The van der Waals surface area contributed by atoms with Crippen molar-refractivity contribution in [2.24, 2.45) is 11.7 Å². The second-order valence-corrected chi connectivity index (χ2v) is 6.83. The lowest BCUT2D eigenvalue weighted by Gasteiger charge is -2.43. The van der Waals surface area contributed by atoms with E-state index in [0.29, 0.717) is 12.0 Å². The van der Waals surface area contributed by atoms with Gasteiger partial charge in [0.2, 0.25) is 0 Å². The van der Waals surface area contributed by atoms with E-state index in [4.69, 9.17) is 10.5 Å². The number of nitrogens with zero attached hydrogens (tertiary/aromatic N) is 2. The Morgan fingerprint density at radius 1 is 1.57 bits per heavy atom. The number of methoxy groups -OCH3 is 1. The SMILES string of the molecule is CCC(C)n1ccc(CC(N)C2(OC)CCCC(C)C2)n1. The summed E-state index contributed by atoms with van der Waals surface area (Å²) in [5, 5.41) is 4.68. The molecule has 2 N–H and O–H groups in total. The predicted molar refractivity (Wildman–Crippen MR) is 86.3 cm³/mol. The maximum atomic E-state index is 6.53. The fourth-order valence-electron chi connectivity index (χ4n) is 3.55. The average Bonchev–Trinajstić information content (AvgIpc) is 2.94. The number of hydrogen-bond donors (Lipinski definition) is 1. The summed E-state index contributed by atoms with van der Waals surface area (Å²) in [5.74, 6) is 0.697. The maximum absolute atomic E-state index is 6.53. The van der Waals surface area contributed by atoms with Gasteiger partial charge in [-0.25, -0.2) is 0 Å². The van der Waals surface area contributed by atoms with Crippen molar-refractivity contribution in [1.82, 2.24) is 9.78 Å². The van der Waals surface area contributed by atoms with Gasteiger partial charge in [0.15, 0.2) is 0 Å². The first kappa shape index (κ1) is 16.5. The molecule has 4 nitrogen and oxygen atoms in total. The maximum Gasteiger partial charge on any atom is 0.0835 e. The summed E-state index contributed by atoms with van der Waals surface area (Å²) in [7, 11) is 1.82. The highest BCUT2D eigenvalue weighted by Gasteiger charge is 2.40. The summed E-state index contributed by atoms with van der Waals surface area (Å²) in [6.45, 7) is 6.68. The molecule has 1 aliphatic carbocycles. The van der Waals surface area contributed by atoms with Gasteiger partial charge in [-0.2, -0.15) is 5.10 Å². The second-order valence-electron chi connectivity index (χ2n) is 6.83. The molecule has 4 atom stereocenters. The zero-order valence-corrected chi connectivity index (χ0v) is 14.0. The van der Waals surface area contributed by atoms with E-state index < -0.39 is 0 Å². The van der Waals surface area contributed by atoms with E-state index in [2.05, 4.69) is 38.1 Å². The van der Waals surface area contributed by atoms with Gasteiger partial charge in [-0.3, -0.25) is 4.68 Å². The van der Waals surface area contributed by atoms with Crippen LogP contribution in [0.5, 0.6) is 0 Å². The summed E-state index contributed by atoms with van der Waals surface area (Å²) in [5.41, 5.74) is 7.44. The number of ether oxygens (including phenoxy) is 1. The largest absolute Gasteiger partial charge is 0.377 e. The molecule has 1 heterocycles. The Morgan fingerprint density at radius 3 is 2.95 bits per heavy atom. The Bertz CT molecular complexity index is 445. The lowest BCUT2D eigenvalue weighted by molar-refractivity contribution is -0.0707. The molecule has 1 fully saturated rings. The highest BCUT2D eigenvalue weighted by molar-refractivity contribution is 5.07. The predicted octanol–water partition coefficient (Wildman–Crippen LogP) is 3.32. The zero-order valence-electron chi connectivity index (χ0n) is 14.0. The van der Waals surface area contributed by atoms with Crippen molar-refractivity contribution in [3.8, 4) is 0 Å². The Labute approximate surface area is 129 Å². The van der Waals surface area contributed by atoms with E-state index in [1.807, 2.05) is 11.8 Å². The fourth-order valence-corrected chi connectivity index (χ4v) is 3.55. The molecule has 1 aromatic heterocycles.